The molecule has 1 aliphatic carbocycles. The Kier molecular flexibility index (Phi) is 3.11. The van der Waals surface area contributed by atoms with E-state index in [-0.39, 0.29) is 12.2 Å². The van der Waals surface area contributed by atoms with Gasteiger partial charge in [0, 0.05) is 12.6 Å². The molecule has 0 spiro atoms. The number of nitrogens with two attached hydrogens (primary N) is 1. The lowest BCUT2D eigenvalue weighted by Crippen LogP contribution is -2.45. The second-order valence-corrected chi connectivity index (χ2v) is 4.51. The van der Waals surface area contributed by atoms with Gasteiger partial charge in [-0.2, -0.15) is 4.98 Å². The van der Waals surface area contributed by atoms with Gasteiger partial charge in [-0.1, -0.05) is 0 Å². The first-order valence-electron chi connectivity index (χ1n) is 5.43. The molecule has 6 N–H and O–H groups in total. The summed E-state index contributed by atoms with van der Waals surface area (Å²) in [5.74, 6) is 0.0432. The van der Waals surface area contributed by atoms with Crippen LogP contribution in [0.2, 0.25) is 0 Å². The Balaban J connectivity index is 2.38. The van der Waals surface area contributed by atoms with E-state index in [4.69, 9.17) is 10.8 Å². The molecule has 1 aromatic rings. The van der Waals surface area contributed by atoms with E-state index >= 15 is 0 Å². The van der Waals surface area contributed by atoms with Gasteiger partial charge in [0.1, 0.15) is 23.6 Å². The first-order chi connectivity index (χ1) is 8.39. The summed E-state index contributed by atoms with van der Waals surface area (Å²) in [4.78, 5) is 15.1. The van der Waals surface area contributed by atoms with Crippen LogP contribution in [0.5, 0.6) is 0 Å². The third kappa shape index (κ3) is 1.89. The van der Waals surface area contributed by atoms with Crippen molar-refractivity contribution in [3.8, 4) is 0 Å². The van der Waals surface area contributed by atoms with Crippen molar-refractivity contribution in [1.29, 1.82) is 0 Å². The molecule has 8 heteroatoms. The Labute approximate surface area is 102 Å². The maximum absolute atomic E-state index is 11.6. The van der Waals surface area contributed by atoms with Crippen molar-refractivity contribution in [2.75, 3.05) is 12.3 Å². The first-order valence-corrected chi connectivity index (χ1v) is 5.43. The summed E-state index contributed by atoms with van der Waals surface area (Å²) in [5.41, 5.74) is 2.83. The maximum Gasteiger partial charge on any atom is 0.349 e. The van der Waals surface area contributed by atoms with Crippen molar-refractivity contribution < 1.29 is 20.4 Å². The number of hydrogen-bond donors (Lipinski definition) is 5. The molecule has 1 fully saturated rings. The number of aliphatic hydroxyl groups is 4. The smallest absolute Gasteiger partial charge is 0.349 e. The normalized spacial score (nSPS) is 35.9. The molecule has 0 radical (unpaired) electrons. The monoisotopic (exact) mass is 257 g/mol. The molecule has 0 saturated heterocycles. The molecule has 0 aliphatic heterocycles. The Morgan fingerprint density at radius 3 is 2.72 bits per heavy atom. The van der Waals surface area contributed by atoms with Gasteiger partial charge < -0.3 is 26.2 Å². The zero-order chi connectivity index (χ0) is 13.5. The van der Waals surface area contributed by atoms with Crippen LogP contribution in [0.25, 0.3) is 0 Å². The molecular formula is C10H15N3O5. The van der Waals surface area contributed by atoms with E-state index in [2.05, 4.69) is 4.98 Å². The Morgan fingerprint density at radius 2 is 2.22 bits per heavy atom. The van der Waals surface area contributed by atoms with Gasteiger partial charge in [0.2, 0.25) is 0 Å². The average molecular weight is 257 g/mol. The van der Waals surface area contributed by atoms with Crippen LogP contribution in [0.3, 0.4) is 0 Å². The zero-order valence-electron chi connectivity index (χ0n) is 9.47. The molecule has 0 unspecified atom stereocenters. The summed E-state index contributed by atoms with van der Waals surface area (Å²) in [6.07, 6.45) is -1.73. The van der Waals surface area contributed by atoms with Crippen LogP contribution in [0.4, 0.5) is 5.82 Å². The van der Waals surface area contributed by atoms with Gasteiger partial charge in [-0.3, -0.25) is 4.57 Å². The van der Waals surface area contributed by atoms with Crippen LogP contribution in [0, 0.1) is 0 Å². The molecule has 8 nitrogen and oxygen atoms in total. The quantitative estimate of drug-likeness (QED) is 0.385. The fourth-order valence-electron chi connectivity index (χ4n) is 2.23. The van der Waals surface area contributed by atoms with Crippen molar-refractivity contribution in [2.45, 2.75) is 30.3 Å². The minimum absolute atomic E-state index is 0.0432. The van der Waals surface area contributed by atoms with Crippen LogP contribution in [-0.4, -0.2) is 54.4 Å². The predicted molar refractivity (Wildman–Crippen MR) is 60.6 cm³/mol. The van der Waals surface area contributed by atoms with E-state index in [1.807, 2.05) is 0 Å². The standard InChI is InChI=1S/C10H15N3O5/c11-6-1-2-13(9(17)12-6)5-3-10(18,4-14)8(16)7(5)15/h1-2,5,7-8,14-16,18H,3-4H2,(H2,11,12,17)/t5-,7+,8+,10+/m1/s1. The van der Waals surface area contributed by atoms with Gasteiger partial charge in [-0.25, -0.2) is 4.79 Å². The highest BCUT2D eigenvalue weighted by Gasteiger charge is 2.52. The van der Waals surface area contributed by atoms with Crippen LogP contribution >= 0.6 is 0 Å². The van der Waals surface area contributed by atoms with E-state index in [1.54, 1.807) is 0 Å². The highest BCUT2D eigenvalue weighted by atomic mass is 16.4. The molecule has 0 amide bonds. The third-order valence-corrected chi connectivity index (χ3v) is 3.31. The second-order valence-electron chi connectivity index (χ2n) is 4.51. The molecule has 1 saturated carbocycles. The van der Waals surface area contributed by atoms with Gasteiger partial charge in [-0.15, -0.1) is 0 Å². The van der Waals surface area contributed by atoms with Crippen molar-refractivity contribution in [3.05, 3.63) is 22.7 Å². The van der Waals surface area contributed by atoms with Crippen LogP contribution in [-0.2, 0) is 0 Å². The lowest BCUT2D eigenvalue weighted by atomic mass is 10.0. The summed E-state index contributed by atoms with van der Waals surface area (Å²) in [5, 5.41) is 38.4. The molecule has 2 rings (SSSR count). The summed E-state index contributed by atoms with van der Waals surface area (Å²) in [6.45, 7) is -0.709. The van der Waals surface area contributed by atoms with Crippen LogP contribution in [0.1, 0.15) is 12.5 Å². The maximum atomic E-state index is 11.6. The van der Waals surface area contributed by atoms with Crippen molar-refractivity contribution in [3.63, 3.8) is 0 Å². The van der Waals surface area contributed by atoms with E-state index < -0.39 is 36.1 Å². The highest BCUT2D eigenvalue weighted by Crippen LogP contribution is 2.37. The molecule has 1 aromatic heterocycles. The van der Waals surface area contributed by atoms with E-state index in [0.29, 0.717) is 0 Å². The largest absolute Gasteiger partial charge is 0.393 e. The van der Waals surface area contributed by atoms with Crippen LogP contribution in [0.15, 0.2) is 17.1 Å². The SMILES string of the molecule is Nc1ccn([C@@H]2C[C@](O)(CO)[C@@H](O)[C@H]2O)c(=O)n1. The van der Waals surface area contributed by atoms with Crippen LogP contribution < -0.4 is 11.4 Å². The molecule has 0 aromatic carbocycles. The Hall–Kier alpha value is -1.48. The predicted octanol–water partition coefficient (Wildman–Crippen LogP) is -2.78. The molecular weight excluding hydrogens is 242 g/mol. The third-order valence-electron chi connectivity index (χ3n) is 3.31. The van der Waals surface area contributed by atoms with Crippen molar-refractivity contribution in [2.24, 2.45) is 0 Å². The average Bonchev–Trinajstić information content (AvgIpc) is 2.55. The molecule has 100 valence electrons. The van der Waals surface area contributed by atoms with Gasteiger partial charge in [0.15, 0.2) is 0 Å². The number of hydrogen-bond acceptors (Lipinski definition) is 7. The number of nitrogens with zero attached hydrogens (tertiary/aromatic N) is 2. The number of aliphatic hydroxyl groups excluding tert-OH is 3. The number of anilines is 1. The van der Waals surface area contributed by atoms with Gasteiger partial charge in [0.25, 0.3) is 0 Å². The first kappa shape index (κ1) is 13.0. The summed E-state index contributed by atoms with van der Waals surface area (Å²) in [7, 11) is 0. The Morgan fingerprint density at radius 1 is 1.56 bits per heavy atom. The van der Waals surface area contributed by atoms with Gasteiger partial charge in [0.05, 0.1) is 12.6 Å². The Bertz CT molecular complexity index is 505. The summed E-state index contributed by atoms with van der Waals surface area (Å²) < 4.78 is 1.08. The minimum Gasteiger partial charge on any atom is -0.393 e. The molecule has 4 atom stereocenters. The number of aromatic nitrogens is 2. The fourth-order valence-corrected chi connectivity index (χ4v) is 2.23. The number of rotatable bonds is 2. The zero-order valence-corrected chi connectivity index (χ0v) is 9.47. The lowest BCUT2D eigenvalue weighted by molar-refractivity contribution is -0.111. The van der Waals surface area contributed by atoms with Gasteiger partial charge >= 0.3 is 5.69 Å². The topological polar surface area (TPSA) is 142 Å². The second kappa shape index (κ2) is 4.32. The summed E-state index contributed by atoms with van der Waals surface area (Å²) in [6, 6.07) is 0.509. The minimum atomic E-state index is -1.83. The lowest BCUT2D eigenvalue weighted by Gasteiger charge is -2.23. The van der Waals surface area contributed by atoms with E-state index in [0.717, 1.165) is 4.57 Å². The molecule has 1 aliphatic rings. The molecule has 18 heavy (non-hydrogen) atoms. The van der Waals surface area contributed by atoms with Crippen molar-refractivity contribution >= 4 is 5.82 Å². The van der Waals surface area contributed by atoms with E-state index in [1.165, 1.54) is 12.3 Å². The highest BCUT2D eigenvalue weighted by molar-refractivity contribution is 5.24. The summed E-state index contributed by atoms with van der Waals surface area (Å²) >= 11 is 0. The van der Waals surface area contributed by atoms with Gasteiger partial charge in [-0.05, 0) is 6.07 Å². The fraction of sp³-hybridized carbons (Fsp3) is 0.600. The van der Waals surface area contributed by atoms with E-state index in [9.17, 15) is 20.1 Å². The van der Waals surface area contributed by atoms with Crippen molar-refractivity contribution in [1.82, 2.24) is 9.55 Å². The molecule has 0 bridgehead atoms. The molecule has 1 heterocycles. The number of nitrogen functional groups attached to an aromatic ring is 1.